The quantitative estimate of drug-likeness (QED) is 0.152. The molecular formula is C69H50. The summed E-state index contributed by atoms with van der Waals surface area (Å²) in [5.74, 6) is 0. The molecule has 0 heteroatoms. The highest BCUT2D eigenvalue weighted by molar-refractivity contribution is 6.27. The van der Waals surface area contributed by atoms with Crippen LogP contribution in [0.4, 0.5) is 0 Å². The summed E-state index contributed by atoms with van der Waals surface area (Å²) in [5.41, 5.74) is 18.2. The van der Waals surface area contributed by atoms with Gasteiger partial charge in [0.1, 0.15) is 0 Å². The molecule has 0 aliphatic heterocycles. The SMILES string of the molecule is CC(C)(C)c1cc2ccc3cc(-c4ccc5c(c4)C4(c6ccccc6-c6ccccc64)c4cc6c(-c7ccc8cc(C(C)(C)C)c9cccc%10ccc7c8c%109)cccc6cc4-5)cc4ccc(c1)c2c34. The molecule has 0 saturated heterocycles. The minimum absolute atomic E-state index is 0.0220. The van der Waals surface area contributed by atoms with Crippen LogP contribution in [-0.2, 0) is 16.2 Å². The van der Waals surface area contributed by atoms with Gasteiger partial charge in [-0.25, -0.2) is 0 Å². The van der Waals surface area contributed by atoms with E-state index in [0.717, 1.165) is 0 Å². The minimum Gasteiger partial charge on any atom is -0.0619 e. The van der Waals surface area contributed by atoms with Crippen molar-refractivity contribution in [2.24, 2.45) is 0 Å². The molecule has 0 fully saturated rings. The molecule has 0 N–H and O–H groups in total. The van der Waals surface area contributed by atoms with Crippen molar-refractivity contribution in [1.29, 1.82) is 0 Å². The maximum Gasteiger partial charge on any atom is 0.0725 e. The second-order valence-corrected chi connectivity index (χ2v) is 22.4. The average Bonchev–Trinajstić information content (AvgIpc) is 3.82. The van der Waals surface area contributed by atoms with Gasteiger partial charge in [-0.05, 0) is 201 Å². The molecule has 2 aliphatic carbocycles. The van der Waals surface area contributed by atoms with Crippen molar-refractivity contribution in [2.45, 2.75) is 57.8 Å². The maximum absolute atomic E-state index is 2.59. The summed E-state index contributed by atoms with van der Waals surface area (Å²) in [6.45, 7) is 14.0. The van der Waals surface area contributed by atoms with Gasteiger partial charge in [-0.1, -0.05) is 199 Å². The van der Waals surface area contributed by atoms with Gasteiger partial charge in [0.15, 0.2) is 0 Å². The van der Waals surface area contributed by atoms with Crippen LogP contribution in [0.2, 0.25) is 0 Å². The summed E-state index contributed by atoms with van der Waals surface area (Å²) in [6.07, 6.45) is 0. The smallest absolute Gasteiger partial charge is 0.0619 e. The van der Waals surface area contributed by atoms with Crippen molar-refractivity contribution in [1.82, 2.24) is 0 Å². The second-order valence-electron chi connectivity index (χ2n) is 22.4. The Labute approximate surface area is 403 Å². The van der Waals surface area contributed by atoms with Gasteiger partial charge >= 0.3 is 0 Å². The summed E-state index contributed by atoms with van der Waals surface area (Å²) in [4.78, 5) is 0. The summed E-state index contributed by atoms with van der Waals surface area (Å²) < 4.78 is 0. The van der Waals surface area contributed by atoms with Gasteiger partial charge in [-0.3, -0.25) is 0 Å². The average molecular weight is 879 g/mol. The minimum atomic E-state index is -0.498. The Balaban J connectivity index is 0.971. The Bertz CT molecular complexity index is 4260. The van der Waals surface area contributed by atoms with Crippen molar-refractivity contribution in [3.8, 4) is 44.5 Å². The molecule has 0 nitrogen and oxygen atoms in total. The number of fused-ring (bicyclic) bond motifs is 11. The van der Waals surface area contributed by atoms with E-state index in [-0.39, 0.29) is 10.8 Å². The van der Waals surface area contributed by atoms with E-state index < -0.39 is 5.41 Å². The van der Waals surface area contributed by atoms with E-state index in [1.165, 1.54) is 153 Å². The summed E-state index contributed by atoms with van der Waals surface area (Å²) in [7, 11) is 0. The van der Waals surface area contributed by atoms with Crippen LogP contribution < -0.4 is 0 Å². The Morgan fingerprint density at radius 2 is 0.797 bits per heavy atom. The molecule has 13 aromatic rings. The molecule has 326 valence electrons. The van der Waals surface area contributed by atoms with Crippen LogP contribution >= 0.6 is 0 Å². The lowest BCUT2D eigenvalue weighted by Crippen LogP contribution is -2.26. The summed E-state index contributed by atoms with van der Waals surface area (Å²) >= 11 is 0. The zero-order valence-corrected chi connectivity index (χ0v) is 40.0. The van der Waals surface area contributed by atoms with Gasteiger partial charge in [0, 0.05) is 0 Å². The third-order valence-corrected chi connectivity index (χ3v) is 16.6. The topological polar surface area (TPSA) is 0 Å². The van der Waals surface area contributed by atoms with Gasteiger partial charge < -0.3 is 0 Å². The fraction of sp³-hybridized carbons (Fsp3) is 0.130. The van der Waals surface area contributed by atoms with Crippen LogP contribution in [0, 0.1) is 0 Å². The molecule has 15 rings (SSSR count). The number of hydrogen-bond acceptors (Lipinski definition) is 0. The molecule has 0 aromatic heterocycles. The van der Waals surface area contributed by atoms with E-state index >= 15 is 0 Å². The maximum atomic E-state index is 2.59. The highest BCUT2D eigenvalue weighted by atomic mass is 14.5. The predicted octanol–water partition coefficient (Wildman–Crippen LogP) is 18.9. The van der Waals surface area contributed by atoms with Crippen LogP contribution in [0.25, 0.3) is 120 Å². The zero-order valence-electron chi connectivity index (χ0n) is 40.0. The summed E-state index contributed by atoms with van der Waals surface area (Å²) in [5, 5.41) is 18.5. The van der Waals surface area contributed by atoms with E-state index in [1.54, 1.807) is 0 Å². The molecule has 0 radical (unpaired) electrons. The molecule has 0 heterocycles. The first-order valence-electron chi connectivity index (χ1n) is 24.8. The first kappa shape index (κ1) is 39.2. The molecule has 0 atom stereocenters. The molecule has 13 aromatic carbocycles. The highest BCUT2D eigenvalue weighted by Gasteiger charge is 2.52. The van der Waals surface area contributed by atoms with Gasteiger partial charge in [0.25, 0.3) is 0 Å². The molecule has 0 amide bonds. The first-order chi connectivity index (χ1) is 33.4. The largest absolute Gasteiger partial charge is 0.0725 e. The second kappa shape index (κ2) is 13.2. The number of benzene rings is 13. The molecule has 0 unspecified atom stereocenters. The molecule has 0 bridgehead atoms. The lowest BCUT2D eigenvalue weighted by molar-refractivity contribution is 0.591. The van der Waals surface area contributed by atoms with Crippen LogP contribution in [0.1, 0.15) is 74.9 Å². The van der Waals surface area contributed by atoms with E-state index in [0.29, 0.717) is 0 Å². The Kier molecular flexibility index (Phi) is 7.53. The predicted molar refractivity (Wildman–Crippen MR) is 296 cm³/mol. The van der Waals surface area contributed by atoms with Crippen molar-refractivity contribution in [3.05, 3.63) is 228 Å². The lowest BCUT2D eigenvalue weighted by Gasteiger charge is -2.31. The Morgan fingerprint density at radius 1 is 0.275 bits per heavy atom. The van der Waals surface area contributed by atoms with Crippen LogP contribution in [-0.4, -0.2) is 0 Å². The standard InChI is InChI=1S/C69H50/c1-67(2,3)48-33-44-23-21-42-31-47(32-43-22-24-45(34-48)64(44)63(42)43)40-26-29-53-57-35-41-14-12-17-49(50-28-27-46-37-60(68(4,5)6)55-18-11-13-39-25-30-54(50)66(46)65(39)55)56(41)38-62(57)69(61(53)36-40)58-19-9-7-15-51(58)52-16-8-10-20-59(52)69/h7-38H,1-6H3. The first-order valence-corrected chi connectivity index (χ1v) is 24.8. The lowest BCUT2D eigenvalue weighted by atomic mass is 9.70. The van der Waals surface area contributed by atoms with Crippen LogP contribution in [0.15, 0.2) is 194 Å². The number of rotatable bonds is 2. The van der Waals surface area contributed by atoms with Gasteiger partial charge in [0.2, 0.25) is 0 Å². The summed E-state index contributed by atoms with van der Waals surface area (Å²) in [6, 6.07) is 75.7. The van der Waals surface area contributed by atoms with Gasteiger partial charge in [-0.15, -0.1) is 0 Å². The fourth-order valence-corrected chi connectivity index (χ4v) is 13.4. The molecule has 69 heavy (non-hydrogen) atoms. The van der Waals surface area contributed by atoms with E-state index in [4.69, 9.17) is 0 Å². The zero-order chi connectivity index (χ0) is 46.3. The van der Waals surface area contributed by atoms with E-state index in [1.807, 2.05) is 0 Å². The van der Waals surface area contributed by atoms with E-state index in [2.05, 4.69) is 236 Å². The molecule has 1 spiro atoms. The van der Waals surface area contributed by atoms with Crippen LogP contribution in [0.5, 0.6) is 0 Å². The third-order valence-electron chi connectivity index (χ3n) is 16.6. The van der Waals surface area contributed by atoms with Crippen molar-refractivity contribution in [3.63, 3.8) is 0 Å². The molecular weight excluding hydrogens is 829 g/mol. The molecule has 2 aliphatic rings. The normalized spacial score (nSPS) is 14.1. The van der Waals surface area contributed by atoms with Crippen molar-refractivity contribution >= 4 is 75.4 Å². The van der Waals surface area contributed by atoms with Crippen molar-refractivity contribution in [2.75, 3.05) is 0 Å². The van der Waals surface area contributed by atoms with Gasteiger partial charge in [0.05, 0.1) is 5.41 Å². The molecule has 0 saturated carbocycles. The third kappa shape index (κ3) is 5.14. The van der Waals surface area contributed by atoms with Crippen LogP contribution in [0.3, 0.4) is 0 Å². The Morgan fingerprint density at radius 3 is 1.48 bits per heavy atom. The van der Waals surface area contributed by atoms with Gasteiger partial charge in [-0.2, -0.15) is 0 Å². The highest BCUT2D eigenvalue weighted by Crippen LogP contribution is 2.64. The number of hydrogen-bond donors (Lipinski definition) is 0. The monoisotopic (exact) mass is 878 g/mol. The fourth-order valence-electron chi connectivity index (χ4n) is 13.4. The Hall–Kier alpha value is -7.80. The van der Waals surface area contributed by atoms with Crippen molar-refractivity contribution < 1.29 is 0 Å². The van der Waals surface area contributed by atoms with E-state index in [9.17, 15) is 0 Å².